The van der Waals surface area contributed by atoms with E-state index in [1.807, 2.05) is 0 Å². The molecule has 0 bridgehead atoms. The van der Waals surface area contributed by atoms with Crippen LogP contribution in [0, 0.1) is 17.8 Å². The van der Waals surface area contributed by atoms with Crippen molar-refractivity contribution in [3.05, 3.63) is 12.4 Å². The van der Waals surface area contributed by atoms with E-state index in [9.17, 15) is 19.8 Å². The van der Waals surface area contributed by atoms with Crippen LogP contribution in [0.25, 0.3) is 0 Å². The van der Waals surface area contributed by atoms with Crippen LogP contribution < -0.4 is 0 Å². The average molecular weight is 306 g/mol. The maximum Gasteiger partial charge on any atom is 0.308 e. The molecule has 4 atom stereocenters. The molecule has 0 spiro atoms. The molecule has 2 aliphatic carbocycles. The van der Waals surface area contributed by atoms with Gasteiger partial charge in [0, 0.05) is 0 Å². The highest BCUT2D eigenvalue weighted by Gasteiger charge is 2.77. The predicted octanol–water partition coefficient (Wildman–Crippen LogP) is 0.760. The van der Waals surface area contributed by atoms with E-state index < -0.39 is 28.5 Å². The van der Waals surface area contributed by atoms with Gasteiger partial charge in [-0.1, -0.05) is 5.21 Å². The van der Waals surface area contributed by atoms with Gasteiger partial charge in [-0.3, -0.25) is 9.59 Å². The van der Waals surface area contributed by atoms with E-state index in [-0.39, 0.29) is 18.3 Å². The minimum atomic E-state index is -0.922. The van der Waals surface area contributed by atoms with Crippen LogP contribution in [0.2, 0.25) is 0 Å². The van der Waals surface area contributed by atoms with Crippen molar-refractivity contribution in [2.45, 2.75) is 17.6 Å². The summed E-state index contributed by atoms with van der Waals surface area (Å²) in [6.07, 6.45) is 4.27. The normalized spacial score (nSPS) is 35.3. The van der Waals surface area contributed by atoms with E-state index in [1.165, 1.54) is 22.2 Å². The molecule has 19 heavy (non-hydrogen) atoms. The van der Waals surface area contributed by atoms with Gasteiger partial charge in [-0.15, -0.1) is 17.5 Å². The molecule has 0 saturated heterocycles. The second kappa shape index (κ2) is 4.68. The Hall–Kier alpha value is -1.28. The molecule has 0 radical (unpaired) electrons. The van der Waals surface area contributed by atoms with Crippen LogP contribution in [0.5, 0.6) is 0 Å². The van der Waals surface area contributed by atoms with Gasteiger partial charge >= 0.3 is 11.9 Å². The van der Waals surface area contributed by atoms with Crippen LogP contribution in [-0.4, -0.2) is 41.3 Å². The van der Waals surface area contributed by atoms with E-state index in [2.05, 4.69) is 10.3 Å². The molecule has 1 aromatic rings. The molecule has 2 fully saturated rings. The lowest BCUT2D eigenvalue weighted by molar-refractivity contribution is -0.143. The number of carbonyl (C=O) groups is 2. The van der Waals surface area contributed by atoms with Crippen molar-refractivity contribution in [2.24, 2.45) is 17.8 Å². The highest BCUT2D eigenvalue weighted by Crippen LogP contribution is 2.71. The van der Waals surface area contributed by atoms with Gasteiger partial charge in [0.25, 0.3) is 0 Å². The summed E-state index contributed by atoms with van der Waals surface area (Å²) in [7, 11) is 0. The third kappa shape index (κ3) is 1.90. The Morgan fingerprint density at radius 2 is 2.05 bits per heavy atom. The third-order valence-corrected chi connectivity index (χ3v) is 5.43. The minimum Gasteiger partial charge on any atom is -0.481 e. The van der Waals surface area contributed by atoms with Crippen LogP contribution in [0.4, 0.5) is 0 Å². The fraction of sp³-hybridized carbons (Fsp3) is 0.600. The fourth-order valence-electron chi connectivity index (χ4n) is 3.17. The number of halogens is 1. The molecule has 7 nitrogen and oxygen atoms in total. The van der Waals surface area contributed by atoms with Gasteiger partial charge in [-0.2, -0.15) is 4.09 Å². The maximum atomic E-state index is 11.3. The SMILES string of the molecule is Cl.O=C(O)C1CCC2C(C(=O)O)C12Sn1ccnn1. The molecule has 1 aromatic heterocycles. The Labute approximate surface area is 118 Å². The quantitative estimate of drug-likeness (QED) is 0.846. The molecule has 1 heterocycles. The first-order valence-electron chi connectivity index (χ1n) is 5.59. The van der Waals surface area contributed by atoms with Crippen molar-refractivity contribution in [2.75, 3.05) is 0 Å². The molecule has 4 unspecified atom stereocenters. The van der Waals surface area contributed by atoms with Gasteiger partial charge in [0.05, 0.1) is 29.0 Å². The molecule has 0 amide bonds. The molecule has 9 heteroatoms. The molecule has 0 aromatic carbocycles. The molecular weight excluding hydrogens is 294 g/mol. The molecule has 3 rings (SSSR count). The van der Waals surface area contributed by atoms with Gasteiger partial charge in [0.15, 0.2) is 0 Å². The van der Waals surface area contributed by atoms with Crippen LogP contribution in [-0.2, 0) is 9.59 Å². The Morgan fingerprint density at radius 1 is 1.32 bits per heavy atom. The standard InChI is InChI=1S/C10H11N3O4S.ClH/c14-8(15)6-2-1-5-7(9(16)17)10(5,6)18-13-4-3-11-12-13;/h3-7H,1-2H2,(H,14,15)(H,16,17);1H. The number of rotatable bonds is 4. The number of carboxylic acid groups (broad SMARTS) is 2. The zero-order chi connectivity index (χ0) is 12.9. The van der Waals surface area contributed by atoms with E-state index >= 15 is 0 Å². The van der Waals surface area contributed by atoms with Crippen molar-refractivity contribution in [3.8, 4) is 0 Å². The van der Waals surface area contributed by atoms with E-state index in [0.29, 0.717) is 12.8 Å². The number of carboxylic acids is 2. The van der Waals surface area contributed by atoms with Crippen LogP contribution >= 0.6 is 24.4 Å². The molecule has 2 aliphatic rings. The van der Waals surface area contributed by atoms with Gasteiger partial charge < -0.3 is 10.2 Å². The number of aliphatic carboxylic acids is 2. The topological polar surface area (TPSA) is 105 Å². The maximum absolute atomic E-state index is 11.3. The number of hydrogen-bond donors (Lipinski definition) is 2. The zero-order valence-electron chi connectivity index (χ0n) is 9.67. The summed E-state index contributed by atoms with van der Waals surface area (Å²) in [5, 5.41) is 25.9. The third-order valence-electron chi connectivity index (χ3n) is 3.89. The monoisotopic (exact) mass is 305 g/mol. The van der Waals surface area contributed by atoms with Gasteiger partial charge in [-0.05, 0) is 30.7 Å². The summed E-state index contributed by atoms with van der Waals surface area (Å²) < 4.78 is 0.697. The molecule has 104 valence electrons. The number of nitrogens with zero attached hydrogens (tertiary/aromatic N) is 3. The van der Waals surface area contributed by atoms with Crippen LogP contribution in [0.1, 0.15) is 12.8 Å². The Kier molecular flexibility index (Phi) is 3.48. The second-order valence-corrected chi connectivity index (χ2v) is 5.90. The Bertz CT molecular complexity index is 511. The highest BCUT2D eigenvalue weighted by molar-refractivity contribution is 7.99. The van der Waals surface area contributed by atoms with E-state index in [0.717, 1.165) is 0 Å². The average Bonchev–Trinajstić information content (AvgIpc) is 2.69. The second-order valence-electron chi connectivity index (χ2n) is 4.64. The zero-order valence-corrected chi connectivity index (χ0v) is 11.3. The summed E-state index contributed by atoms with van der Waals surface area (Å²) in [6.45, 7) is 0. The lowest BCUT2D eigenvalue weighted by Crippen LogP contribution is -2.30. The van der Waals surface area contributed by atoms with E-state index in [1.54, 1.807) is 6.20 Å². The summed E-state index contributed by atoms with van der Waals surface area (Å²) in [5.74, 6) is -3.14. The Morgan fingerprint density at radius 3 is 2.53 bits per heavy atom. The smallest absolute Gasteiger partial charge is 0.308 e. The number of fused-ring (bicyclic) bond motifs is 1. The van der Waals surface area contributed by atoms with Gasteiger partial charge in [-0.25, -0.2) is 0 Å². The van der Waals surface area contributed by atoms with Crippen LogP contribution in [0.15, 0.2) is 12.4 Å². The van der Waals surface area contributed by atoms with Gasteiger partial charge in [0.2, 0.25) is 0 Å². The number of hydrogen-bond acceptors (Lipinski definition) is 5. The van der Waals surface area contributed by atoms with Crippen molar-refractivity contribution < 1.29 is 19.8 Å². The van der Waals surface area contributed by atoms with Crippen LogP contribution in [0.3, 0.4) is 0 Å². The van der Waals surface area contributed by atoms with Crippen molar-refractivity contribution >= 4 is 36.3 Å². The lowest BCUT2D eigenvalue weighted by atomic mass is 10.00. The number of aromatic nitrogens is 3. The van der Waals surface area contributed by atoms with Gasteiger partial charge in [0.1, 0.15) is 0 Å². The summed E-state index contributed by atoms with van der Waals surface area (Å²) in [5.41, 5.74) is 0. The van der Waals surface area contributed by atoms with Crippen molar-refractivity contribution in [1.82, 2.24) is 14.4 Å². The van der Waals surface area contributed by atoms with Crippen molar-refractivity contribution in [3.63, 3.8) is 0 Å². The first-order valence-corrected chi connectivity index (χ1v) is 6.36. The first kappa shape index (κ1) is 14.1. The molecule has 2 saturated carbocycles. The molecule has 0 aliphatic heterocycles. The Balaban J connectivity index is 0.00000133. The van der Waals surface area contributed by atoms with Crippen molar-refractivity contribution in [1.29, 1.82) is 0 Å². The summed E-state index contributed by atoms with van der Waals surface area (Å²) in [4.78, 5) is 22.5. The minimum absolute atomic E-state index is 0. The summed E-state index contributed by atoms with van der Waals surface area (Å²) >= 11 is 1.19. The lowest BCUT2D eigenvalue weighted by Gasteiger charge is -2.19. The molecule has 2 N–H and O–H groups in total. The fourth-order valence-corrected chi connectivity index (χ4v) is 4.74. The highest BCUT2D eigenvalue weighted by atomic mass is 35.5. The molecular formula is C10H12ClN3O4S. The first-order chi connectivity index (χ1) is 8.57. The summed E-state index contributed by atoms with van der Waals surface area (Å²) in [6, 6.07) is 0. The predicted molar refractivity (Wildman–Crippen MR) is 68.0 cm³/mol. The van der Waals surface area contributed by atoms with E-state index in [4.69, 9.17) is 0 Å². The largest absolute Gasteiger partial charge is 0.481 e.